The normalized spacial score (nSPS) is 11.0. The third-order valence-electron chi connectivity index (χ3n) is 3.19. The Morgan fingerprint density at radius 1 is 1.24 bits per heavy atom. The smallest absolute Gasteiger partial charge is 0.387 e. The summed E-state index contributed by atoms with van der Waals surface area (Å²) in [4.78, 5) is 4.11. The molecule has 0 aliphatic rings. The van der Waals surface area contributed by atoms with Crippen LogP contribution in [0.1, 0.15) is 11.1 Å². The summed E-state index contributed by atoms with van der Waals surface area (Å²) in [6.07, 6.45) is 0. The van der Waals surface area contributed by atoms with E-state index in [0.29, 0.717) is 23.8 Å². The van der Waals surface area contributed by atoms with Gasteiger partial charge in [-0.2, -0.15) is 20.1 Å². The highest BCUT2D eigenvalue weighted by atomic mass is 127. The lowest BCUT2D eigenvalue weighted by Gasteiger charge is -2.15. The van der Waals surface area contributed by atoms with Crippen LogP contribution in [0.2, 0.25) is 0 Å². The molecule has 0 amide bonds. The SMILES string of the molecule is CN=C(NCc1ccsc1)NCc1cc(OC)ccc1OC(F)F.I. The minimum atomic E-state index is -2.88. The van der Waals surface area contributed by atoms with Crippen molar-refractivity contribution in [1.29, 1.82) is 0 Å². The van der Waals surface area contributed by atoms with Crippen molar-refractivity contribution in [2.45, 2.75) is 19.7 Å². The van der Waals surface area contributed by atoms with Crippen LogP contribution in [-0.4, -0.2) is 26.7 Å². The van der Waals surface area contributed by atoms with E-state index in [0.717, 1.165) is 5.56 Å². The van der Waals surface area contributed by atoms with Crippen molar-refractivity contribution in [3.05, 3.63) is 46.2 Å². The minimum Gasteiger partial charge on any atom is -0.497 e. The number of rotatable bonds is 7. The van der Waals surface area contributed by atoms with Crippen LogP contribution in [0, 0.1) is 0 Å². The second kappa shape index (κ2) is 11.1. The fourth-order valence-electron chi connectivity index (χ4n) is 2.01. The van der Waals surface area contributed by atoms with Crippen LogP contribution >= 0.6 is 35.3 Å². The Labute approximate surface area is 166 Å². The zero-order valence-corrected chi connectivity index (χ0v) is 16.9. The molecule has 0 aliphatic carbocycles. The fraction of sp³-hybridized carbons (Fsp3) is 0.312. The molecule has 0 unspecified atom stereocenters. The summed E-state index contributed by atoms with van der Waals surface area (Å²) in [6.45, 7) is -1.99. The molecule has 138 valence electrons. The van der Waals surface area contributed by atoms with Crippen LogP contribution in [0.25, 0.3) is 0 Å². The molecule has 0 radical (unpaired) electrons. The molecule has 0 aliphatic heterocycles. The van der Waals surface area contributed by atoms with Gasteiger partial charge < -0.3 is 20.1 Å². The number of hydrogen-bond donors (Lipinski definition) is 2. The first-order valence-corrected chi connectivity index (χ1v) is 8.14. The van der Waals surface area contributed by atoms with Gasteiger partial charge in [0.25, 0.3) is 0 Å². The number of thiophene rings is 1. The predicted octanol–water partition coefficient (Wildman–Crippen LogP) is 3.84. The first-order valence-electron chi connectivity index (χ1n) is 7.19. The van der Waals surface area contributed by atoms with Crippen LogP contribution in [0.15, 0.2) is 40.0 Å². The van der Waals surface area contributed by atoms with Crippen LogP contribution in [0.5, 0.6) is 11.5 Å². The van der Waals surface area contributed by atoms with Gasteiger partial charge in [-0.15, -0.1) is 24.0 Å². The van der Waals surface area contributed by atoms with Gasteiger partial charge in [0.15, 0.2) is 5.96 Å². The predicted molar refractivity (Wildman–Crippen MR) is 106 cm³/mol. The molecule has 2 N–H and O–H groups in total. The summed E-state index contributed by atoms with van der Waals surface area (Å²) < 4.78 is 34.7. The van der Waals surface area contributed by atoms with Gasteiger partial charge in [-0.1, -0.05) is 0 Å². The Hall–Kier alpha value is -1.62. The van der Waals surface area contributed by atoms with Crippen LogP contribution in [-0.2, 0) is 13.1 Å². The fourth-order valence-corrected chi connectivity index (χ4v) is 2.68. The first kappa shape index (κ1) is 21.4. The van der Waals surface area contributed by atoms with E-state index >= 15 is 0 Å². The quantitative estimate of drug-likeness (QED) is 0.357. The van der Waals surface area contributed by atoms with E-state index in [1.54, 1.807) is 30.5 Å². The lowest BCUT2D eigenvalue weighted by atomic mass is 10.2. The largest absolute Gasteiger partial charge is 0.497 e. The van der Waals surface area contributed by atoms with Crippen LogP contribution in [0.4, 0.5) is 8.78 Å². The molecule has 0 saturated heterocycles. The maximum absolute atomic E-state index is 12.5. The molecule has 5 nitrogen and oxygen atoms in total. The molecule has 25 heavy (non-hydrogen) atoms. The van der Waals surface area contributed by atoms with Gasteiger partial charge in [0.05, 0.1) is 7.11 Å². The summed E-state index contributed by atoms with van der Waals surface area (Å²) in [5.74, 6) is 1.23. The van der Waals surface area contributed by atoms with Gasteiger partial charge in [-0.05, 0) is 40.6 Å². The van der Waals surface area contributed by atoms with Crippen molar-refractivity contribution < 1.29 is 18.3 Å². The summed E-state index contributed by atoms with van der Waals surface area (Å²) in [7, 11) is 3.16. The number of nitrogens with zero attached hydrogens (tertiary/aromatic N) is 1. The van der Waals surface area contributed by atoms with Gasteiger partial charge >= 0.3 is 6.61 Å². The first-order chi connectivity index (χ1) is 11.6. The van der Waals surface area contributed by atoms with Crippen molar-refractivity contribution in [1.82, 2.24) is 10.6 Å². The molecule has 0 atom stereocenters. The Bertz CT molecular complexity index is 669. The number of halogens is 3. The van der Waals surface area contributed by atoms with Crippen molar-refractivity contribution >= 4 is 41.3 Å². The Kier molecular flexibility index (Phi) is 9.50. The maximum Gasteiger partial charge on any atom is 0.387 e. The molecule has 1 aromatic carbocycles. The maximum atomic E-state index is 12.5. The number of alkyl halides is 2. The van der Waals surface area contributed by atoms with Gasteiger partial charge in [-0.3, -0.25) is 4.99 Å². The number of ether oxygens (including phenoxy) is 2. The lowest BCUT2D eigenvalue weighted by molar-refractivity contribution is -0.0504. The van der Waals surface area contributed by atoms with Gasteiger partial charge in [0.1, 0.15) is 11.5 Å². The average molecular weight is 483 g/mol. The zero-order chi connectivity index (χ0) is 17.4. The molecule has 2 aromatic rings. The molecule has 0 bridgehead atoms. The van der Waals surface area contributed by atoms with E-state index < -0.39 is 6.61 Å². The van der Waals surface area contributed by atoms with Gasteiger partial charge in [0, 0.05) is 25.7 Å². The van der Waals surface area contributed by atoms with E-state index in [4.69, 9.17) is 4.74 Å². The molecule has 1 aromatic heterocycles. The lowest BCUT2D eigenvalue weighted by Crippen LogP contribution is -2.36. The summed E-state index contributed by atoms with van der Waals surface area (Å²) in [5, 5.41) is 10.3. The monoisotopic (exact) mass is 483 g/mol. The topological polar surface area (TPSA) is 54.9 Å². The number of hydrogen-bond acceptors (Lipinski definition) is 4. The number of nitrogens with one attached hydrogen (secondary N) is 2. The number of aliphatic imine (C=N–C) groups is 1. The second-order valence-electron chi connectivity index (χ2n) is 4.76. The Balaban J connectivity index is 0.00000312. The number of benzene rings is 1. The molecule has 0 saturated carbocycles. The summed E-state index contributed by atoms with van der Waals surface area (Å²) >= 11 is 1.62. The number of methoxy groups -OCH3 is 1. The number of guanidine groups is 1. The molecular weight excluding hydrogens is 463 g/mol. The van der Waals surface area contributed by atoms with Crippen molar-refractivity contribution in [2.75, 3.05) is 14.2 Å². The summed E-state index contributed by atoms with van der Waals surface area (Å²) in [6, 6.07) is 6.70. The molecule has 1 heterocycles. The van der Waals surface area contributed by atoms with E-state index in [1.807, 2.05) is 16.8 Å². The average Bonchev–Trinajstić information content (AvgIpc) is 3.09. The zero-order valence-electron chi connectivity index (χ0n) is 13.8. The van der Waals surface area contributed by atoms with E-state index in [-0.39, 0.29) is 36.3 Å². The minimum absolute atomic E-state index is 0. The van der Waals surface area contributed by atoms with E-state index in [9.17, 15) is 8.78 Å². The summed E-state index contributed by atoms with van der Waals surface area (Å²) in [5.41, 5.74) is 1.69. The second-order valence-corrected chi connectivity index (χ2v) is 5.54. The molecule has 9 heteroatoms. The Morgan fingerprint density at radius 2 is 2.00 bits per heavy atom. The van der Waals surface area contributed by atoms with Crippen molar-refractivity contribution in [2.24, 2.45) is 4.99 Å². The third-order valence-corrected chi connectivity index (χ3v) is 3.93. The Morgan fingerprint density at radius 3 is 2.60 bits per heavy atom. The van der Waals surface area contributed by atoms with Crippen molar-refractivity contribution in [3.63, 3.8) is 0 Å². The van der Waals surface area contributed by atoms with E-state index in [1.165, 1.54) is 13.2 Å². The van der Waals surface area contributed by atoms with E-state index in [2.05, 4.69) is 20.4 Å². The molecular formula is C16H20F2IN3O2S. The van der Waals surface area contributed by atoms with Crippen LogP contribution < -0.4 is 20.1 Å². The van der Waals surface area contributed by atoms with Gasteiger partial charge in [0.2, 0.25) is 0 Å². The van der Waals surface area contributed by atoms with Crippen molar-refractivity contribution in [3.8, 4) is 11.5 Å². The standard InChI is InChI=1S/C16H19F2N3O2S.HI/c1-19-16(20-8-11-5-6-24-10-11)21-9-12-7-13(22-2)3-4-14(12)23-15(17)18;/h3-7,10,15H,8-9H2,1-2H3,(H2,19,20,21);1H. The highest BCUT2D eigenvalue weighted by Gasteiger charge is 2.11. The molecule has 2 rings (SSSR count). The van der Waals surface area contributed by atoms with Gasteiger partial charge in [-0.25, -0.2) is 0 Å². The highest BCUT2D eigenvalue weighted by molar-refractivity contribution is 14.0. The third kappa shape index (κ3) is 7.02. The molecule has 0 spiro atoms. The van der Waals surface area contributed by atoms with Crippen LogP contribution in [0.3, 0.4) is 0 Å². The highest BCUT2D eigenvalue weighted by Crippen LogP contribution is 2.25. The molecule has 0 fully saturated rings.